The predicted molar refractivity (Wildman–Crippen MR) is 108 cm³/mol. The van der Waals surface area contributed by atoms with E-state index in [0.717, 1.165) is 11.3 Å². The summed E-state index contributed by atoms with van der Waals surface area (Å²) in [5, 5.41) is 7.13. The van der Waals surface area contributed by atoms with Gasteiger partial charge in [-0.3, -0.25) is 5.10 Å². The number of thioether (sulfide) groups is 1. The summed E-state index contributed by atoms with van der Waals surface area (Å²) in [6, 6.07) is 18.2. The van der Waals surface area contributed by atoms with Gasteiger partial charge in [-0.15, -0.1) is 5.10 Å². The fourth-order valence-corrected chi connectivity index (χ4v) is 2.74. The Bertz CT molecular complexity index is 869. The molecule has 2 aromatic carbocycles. The van der Waals surface area contributed by atoms with Crippen molar-refractivity contribution >= 4 is 29.4 Å². The molecule has 3 rings (SSSR count). The Morgan fingerprint density at radius 3 is 2.44 bits per heavy atom. The van der Waals surface area contributed by atoms with Gasteiger partial charge in [0.2, 0.25) is 5.88 Å². The molecule has 3 aromatic rings. The normalized spacial score (nSPS) is 10.4. The Balaban J connectivity index is 1.90. The van der Waals surface area contributed by atoms with E-state index in [2.05, 4.69) is 10.2 Å². The summed E-state index contributed by atoms with van der Waals surface area (Å²) in [7, 11) is 0. The number of carbonyl (C=O) groups is 1. The Labute approximate surface area is 162 Å². The number of nitrogens with zero attached hydrogens (tertiary/aromatic N) is 2. The van der Waals surface area contributed by atoms with Gasteiger partial charge < -0.3 is 9.47 Å². The minimum Gasteiger partial charge on any atom is -0.475 e. The number of benzene rings is 2. The summed E-state index contributed by atoms with van der Waals surface area (Å²) in [6.07, 6.45) is 1.48. The molecule has 7 heteroatoms. The van der Waals surface area contributed by atoms with E-state index in [1.165, 1.54) is 4.90 Å². The number of hydrogen-bond donors (Lipinski definition) is 1. The van der Waals surface area contributed by atoms with Crippen LogP contribution in [-0.4, -0.2) is 34.9 Å². The van der Waals surface area contributed by atoms with Crippen LogP contribution in [0.1, 0.15) is 5.56 Å². The second-order valence-corrected chi connectivity index (χ2v) is 6.68. The lowest BCUT2D eigenvalue weighted by Crippen LogP contribution is -2.30. The molecule has 1 N–H and O–H groups in total. The molecule has 0 unspecified atom stereocenters. The summed E-state index contributed by atoms with van der Waals surface area (Å²) in [4.78, 5) is 14.4. The molecule has 27 heavy (non-hydrogen) atoms. The van der Waals surface area contributed by atoms with Gasteiger partial charge in [0, 0.05) is 5.75 Å². The lowest BCUT2D eigenvalue weighted by Gasteiger charge is -2.21. The van der Waals surface area contributed by atoms with Gasteiger partial charge in [-0.1, -0.05) is 36.4 Å². The maximum atomic E-state index is 12.9. The van der Waals surface area contributed by atoms with E-state index in [4.69, 9.17) is 9.47 Å². The van der Waals surface area contributed by atoms with E-state index < -0.39 is 6.09 Å². The number of H-pyrrole nitrogens is 1. The molecule has 1 aromatic heterocycles. The maximum absolute atomic E-state index is 12.9. The number of carbonyl (C=O) groups excluding carboxylic acids is 1. The first-order valence-electron chi connectivity index (χ1n) is 8.49. The number of hydrogen-bond acceptors (Lipinski definition) is 5. The highest BCUT2D eigenvalue weighted by atomic mass is 32.2. The van der Waals surface area contributed by atoms with Gasteiger partial charge in [-0.25, -0.2) is 9.69 Å². The van der Waals surface area contributed by atoms with Crippen molar-refractivity contribution in [1.29, 1.82) is 0 Å². The van der Waals surface area contributed by atoms with Crippen molar-refractivity contribution in [3.8, 4) is 11.6 Å². The molecular weight excluding hydrogens is 362 g/mol. The quantitative estimate of drug-likeness (QED) is 0.594. The number of para-hydroxylation sites is 2. The number of ether oxygens (including phenoxy) is 2. The van der Waals surface area contributed by atoms with E-state index in [-0.39, 0.29) is 0 Å². The van der Waals surface area contributed by atoms with Gasteiger partial charge in [0.05, 0.1) is 17.9 Å². The van der Waals surface area contributed by atoms with Crippen LogP contribution in [0.4, 0.5) is 16.3 Å². The Hall–Kier alpha value is -2.93. The number of rotatable bonds is 7. The lowest BCUT2D eigenvalue weighted by atomic mass is 10.2. The van der Waals surface area contributed by atoms with E-state index in [0.29, 0.717) is 29.7 Å². The minimum absolute atomic E-state index is 0.469. The molecule has 0 radical (unpaired) electrons. The molecule has 6 nitrogen and oxygen atoms in total. The summed E-state index contributed by atoms with van der Waals surface area (Å²) in [5.74, 6) is 2.32. The van der Waals surface area contributed by atoms with Crippen LogP contribution in [0, 0.1) is 6.92 Å². The second kappa shape index (κ2) is 9.14. The predicted octanol–water partition coefficient (Wildman–Crippen LogP) is 4.80. The van der Waals surface area contributed by atoms with Crippen molar-refractivity contribution in [3.63, 3.8) is 0 Å². The van der Waals surface area contributed by atoms with Crippen molar-refractivity contribution in [2.24, 2.45) is 0 Å². The lowest BCUT2D eigenvalue weighted by molar-refractivity contribution is 0.210. The summed E-state index contributed by atoms with van der Waals surface area (Å²) in [6.45, 7) is 2.41. The summed E-state index contributed by atoms with van der Waals surface area (Å²) in [5.41, 5.74) is 1.41. The van der Waals surface area contributed by atoms with Gasteiger partial charge >= 0.3 is 6.09 Å². The molecule has 0 saturated heterocycles. The van der Waals surface area contributed by atoms with Crippen LogP contribution in [0.5, 0.6) is 11.6 Å². The zero-order chi connectivity index (χ0) is 19.1. The van der Waals surface area contributed by atoms with Crippen molar-refractivity contribution < 1.29 is 14.3 Å². The second-order valence-electron chi connectivity index (χ2n) is 5.70. The SMILES string of the molecule is CSCCOc1n[nH]c(N(C(=O)Oc2ccccc2)c2ccccc2)c1C. The third-order valence-electron chi connectivity index (χ3n) is 3.83. The fraction of sp³-hybridized carbons (Fsp3) is 0.200. The van der Waals surface area contributed by atoms with Crippen molar-refractivity contribution in [1.82, 2.24) is 10.2 Å². The Kier molecular flexibility index (Phi) is 6.38. The van der Waals surface area contributed by atoms with Crippen LogP contribution in [-0.2, 0) is 0 Å². The van der Waals surface area contributed by atoms with Crippen LogP contribution in [0.2, 0.25) is 0 Å². The van der Waals surface area contributed by atoms with Crippen molar-refractivity contribution in [3.05, 3.63) is 66.2 Å². The smallest absolute Gasteiger partial charge is 0.425 e. The van der Waals surface area contributed by atoms with Crippen LogP contribution >= 0.6 is 11.8 Å². The molecule has 0 aliphatic heterocycles. The first-order valence-corrected chi connectivity index (χ1v) is 9.89. The first-order chi connectivity index (χ1) is 13.2. The average Bonchev–Trinajstić information content (AvgIpc) is 3.04. The van der Waals surface area contributed by atoms with Gasteiger partial charge in [-0.2, -0.15) is 11.8 Å². The maximum Gasteiger partial charge on any atom is 0.425 e. The number of aromatic amines is 1. The molecular formula is C20H21N3O3S. The highest BCUT2D eigenvalue weighted by molar-refractivity contribution is 7.98. The highest BCUT2D eigenvalue weighted by Crippen LogP contribution is 2.32. The van der Waals surface area contributed by atoms with Gasteiger partial charge in [0.25, 0.3) is 0 Å². The Morgan fingerprint density at radius 1 is 1.11 bits per heavy atom. The molecule has 1 amide bonds. The van der Waals surface area contributed by atoms with E-state index in [9.17, 15) is 4.79 Å². The van der Waals surface area contributed by atoms with Crippen LogP contribution in [0.15, 0.2) is 60.7 Å². The molecule has 140 valence electrons. The van der Waals surface area contributed by atoms with E-state index in [1.54, 1.807) is 23.9 Å². The van der Waals surface area contributed by atoms with Gasteiger partial charge in [-0.05, 0) is 37.4 Å². The van der Waals surface area contributed by atoms with E-state index >= 15 is 0 Å². The Morgan fingerprint density at radius 2 is 1.78 bits per heavy atom. The first kappa shape index (κ1) is 18.8. The topological polar surface area (TPSA) is 67.5 Å². The molecule has 0 fully saturated rings. The third kappa shape index (κ3) is 4.62. The number of amides is 1. The molecule has 0 aliphatic rings. The molecule has 0 bridgehead atoms. The zero-order valence-electron chi connectivity index (χ0n) is 15.2. The van der Waals surface area contributed by atoms with Crippen molar-refractivity contribution in [2.45, 2.75) is 6.92 Å². The molecule has 0 aliphatic carbocycles. The molecule has 0 atom stereocenters. The fourth-order valence-electron chi connectivity index (χ4n) is 2.49. The monoisotopic (exact) mass is 383 g/mol. The van der Waals surface area contributed by atoms with Crippen molar-refractivity contribution in [2.75, 3.05) is 23.5 Å². The third-order valence-corrected chi connectivity index (χ3v) is 4.41. The number of nitrogens with one attached hydrogen (secondary N) is 1. The highest BCUT2D eigenvalue weighted by Gasteiger charge is 2.25. The minimum atomic E-state index is -0.533. The molecule has 0 saturated carbocycles. The van der Waals surface area contributed by atoms with Gasteiger partial charge in [0.15, 0.2) is 0 Å². The summed E-state index contributed by atoms with van der Waals surface area (Å²) < 4.78 is 11.2. The molecule has 1 heterocycles. The van der Waals surface area contributed by atoms with Gasteiger partial charge in [0.1, 0.15) is 11.6 Å². The average molecular weight is 383 g/mol. The summed E-state index contributed by atoms with van der Waals surface area (Å²) >= 11 is 1.70. The standard InChI is InChI=1S/C20H21N3O3S/c1-15-18(21-22-19(15)25-13-14-27-2)23(16-9-5-3-6-10-16)20(24)26-17-11-7-4-8-12-17/h3-12H,13-14H2,1-2H3,(H,21,22). The van der Waals surface area contributed by atoms with Crippen LogP contribution in [0.25, 0.3) is 0 Å². The zero-order valence-corrected chi connectivity index (χ0v) is 16.0. The van der Waals surface area contributed by atoms with E-state index in [1.807, 2.05) is 61.7 Å². The largest absolute Gasteiger partial charge is 0.475 e. The molecule has 0 spiro atoms. The van der Waals surface area contributed by atoms with Crippen LogP contribution in [0.3, 0.4) is 0 Å². The number of anilines is 2. The number of aromatic nitrogens is 2. The van der Waals surface area contributed by atoms with Crippen LogP contribution < -0.4 is 14.4 Å².